The molecule has 1 aliphatic heterocycles. The van der Waals surface area contributed by atoms with E-state index in [9.17, 15) is 9.90 Å². The molecule has 25 heavy (non-hydrogen) atoms. The molecule has 140 valence electrons. The van der Waals surface area contributed by atoms with Crippen molar-refractivity contribution in [3.63, 3.8) is 0 Å². The number of imidazole rings is 1. The van der Waals surface area contributed by atoms with Crippen molar-refractivity contribution in [3.05, 3.63) is 18.2 Å². The second kappa shape index (κ2) is 7.36. The topological polar surface area (TPSA) is 70.4 Å². The third-order valence-electron chi connectivity index (χ3n) is 6.12. The number of likely N-dealkylation sites (tertiary alicyclic amines) is 1. The lowest BCUT2D eigenvalue weighted by Gasteiger charge is -2.41. The van der Waals surface area contributed by atoms with Gasteiger partial charge >= 0.3 is 6.03 Å². The zero-order chi connectivity index (χ0) is 18.0. The second-order valence-corrected chi connectivity index (χ2v) is 8.43. The molecule has 1 aromatic rings. The van der Waals surface area contributed by atoms with Gasteiger partial charge in [0, 0.05) is 44.5 Å². The molecule has 3 atom stereocenters. The fourth-order valence-electron chi connectivity index (χ4n) is 4.33. The van der Waals surface area contributed by atoms with Gasteiger partial charge in [-0.25, -0.2) is 9.78 Å². The van der Waals surface area contributed by atoms with E-state index < -0.39 is 6.10 Å². The highest BCUT2D eigenvalue weighted by Gasteiger charge is 2.36. The molecular weight excluding hydrogens is 316 g/mol. The van der Waals surface area contributed by atoms with Crippen LogP contribution in [-0.2, 0) is 7.05 Å². The third kappa shape index (κ3) is 4.00. The average molecular weight is 348 g/mol. The van der Waals surface area contributed by atoms with E-state index in [0.717, 1.165) is 25.8 Å². The van der Waals surface area contributed by atoms with E-state index in [-0.39, 0.29) is 23.4 Å². The Hall–Kier alpha value is -1.56. The summed E-state index contributed by atoms with van der Waals surface area (Å²) in [6.45, 7) is 5.86. The number of carbonyl (C=O) groups is 1. The van der Waals surface area contributed by atoms with Crippen molar-refractivity contribution in [2.75, 3.05) is 13.1 Å². The maximum atomic E-state index is 12.8. The standard InChI is InChI=1S/C19H32N4O2/c1-19(2)9-5-4-8-15(19)21-18(25)23-11-6-7-14(13-23)16(24)17-20-10-12-22(17)3/h10,12,14-16,24H,4-9,11,13H2,1-3H3,(H,21,25). The zero-order valence-electron chi connectivity index (χ0n) is 15.7. The van der Waals surface area contributed by atoms with Crippen molar-refractivity contribution in [2.45, 2.75) is 64.5 Å². The van der Waals surface area contributed by atoms with Crippen LogP contribution in [0.15, 0.2) is 12.4 Å². The number of nitrogens with zero attached hydrogens (tertiary/aromatic N) is 3. The summed E-state index contributed by atoms with van der Waals surface area (Å²) in [5.74, 6) is 0.723. The largest absolute Gasteiger partial charge is 0.385 e. The van der Waals surface area contributed by atoms with Crippen LogP contribution in [0.1, 0.15) is 64.3 Å². The Labute approximate surface area is 150 Å². The lowest BCUT2D eigenvalue weighted by atomic mass is 9.73. The number of rotatable bonds is 3. The van der Waals surface area contributed by atoms with Crippen molar-refractivity contribution in [1.82, 2.24) is 19.8 Å². The normalized spacial score (nSPS) is 27.8. The van der Waals surface area contributed by atoms with Gasteiger partial charge in [-0.15, -0.1) is 0 Å². The average Bonchev–Trinajstić information content (AvgIpc) is 3.02. The first-order valence-corrected chi connectivity index (χ1v) is 9.59. The molecule has 0 radical (unpaired) electrons. The summed E-state index contributed by atoms with van der Waals surface area (Å²) in [4.78, 5) is 18.9. The number of hydrogen-bond donors (Lipinski definition) is 2. The number of hydrogen-bond acceptors (Lipinski definition) is 3. The van der Waals surface area contributed by atoms with Crippen molar-refractivity contribution < 1.29 is 9.90 Å². The number of aliphatic hydroxyl groups excluding tert-OH is 1. The number of piperidine rings is 1. The quantitative estimate of drug-likeness (QED) is 0.882. The Morgan fingerprint density at radius 3 is 2.84 bits per heavy atom. The lowest BCUT2D eigenvalue weighted by Crippen LogP contribution is -2.53. The van der Waals surface area contributed by atoms with Gasteiger partial charge in [0.1, 0.15) is 11.9 Å². The van der Waals surface area contributed by atoms with Crippen LogP contribution in [0.25, 0.3) is 0 Å². The van der Waals surface area contributed by atoms with Gasteiger partial charge in [0.25, 0.3) is 0 Å². The Balaban J connectivity index is 1.61. The van der Waals surface area contributed by atoms with E-state index in [1.165, 1.54) is 19.3 Å². The van der Waals surface area contributed by atoms with Gasteiger partial charge in [0.2, 0.25) is 0 Å². The molecule has 0 spiro atoms. The van der Waals surface area contributed by atoms with E-state index in [4.69, 9.17) is 0 Å². The van der Waals surface area contributed by atoms with Crippen LogP contribution >= 0.6 is 0 Å². The monoisotopic (exact) mass is 348 g/mol. The number of aryl methyl sites for hydroxylation is 1. The number of nitrogens with one attached hydrogen (secondary N) is 1. The maximum Gasteiger partial charge on any atom is 0.317 e. The van der Waals surface area contributed by atoms with Gasteiger partial charge in [-0.2, -0.15) is 0 Å². The molecule has 0 aromatic carbocycles. The van der Waals surface area contributed by atoms with Gasteiger partial charge in [-0.3, -0.25) is 0 Å². The fourth-order valence-corrected chi connectivity index (χ4v) is 4.33. The molecule has 2 heterocycles. The van der Waals surface area contributed by atoms with E-state index in [1.807, 2.05) is 22.7 Å². The summed E-state index contributed by atoms with van der Waals surface area (Å²) in [6, 6.07) is 0.269. The van der Waals surface area contributed by atoms with Gasteiger partial charge in [-0.05, 0) is 31.1 Å². The number of carbonyl (C=O) groups excluding carboxylic acids is 1. The highest BCUT2D eigenvalue weighted by atomic mass is 16.3. The summed E-state index contributed by atoms with van der Waals surface area (Å²) in [5, 5.41) is 13.9. The molecule has 1 saturated heterocycles. The van der Waals surface area contributed by atoms with Crippen LogP contribution < -0.4 is 5.32 Å². The smallest absolute Gasteiger partial charge is 0.317 e. The van der Waals surface area contributed by atoms with Crippen LogP contribution in [0.2, 0.25) is 0 Å². The highest BCUT2D eigenvalue weighted by Crippen LogP contribution is 2.36. The predicted octanol–water partition coefficient (Wildman–Crippen LogP) is 2.84. The molecule has 6 heteroatoms. The Bertz CT molecular complexity index is 598. The minimum Gasteiger partial charge on any atom is -0.385 e. The van der Waals surface area contributed by atoms with Gasteiger partial charge < -0.3 is 19.9 Å². The Morgan fingerprint density at radius 1 is 1.36 bits per heavy atom. The van der Waals surface area contributed by atoms with Crippen LogP contribution in [0, 0.1) is 11.3 Å². The summed E-state index contributed by atoms with van der Waals surface area (Å²) < 4.78 is 1.86. The first-order chi connectivity index (χ1) is 11.9. The molecule has 0 bridgehead atoms. The maximum absolute atomic E-state index is 12.8. The minimum absolute atomic E-state index is 0.0247. The lowest BCUT2D eigenvalue weighted by molar-refractivity contribution is 0.0509. The zero-order valence-corrected chi connectivity index (χ0v) is 15.7. The number of aliphatic hydroxyl groups is 1. The van der Waals surface area contributed by atoms with Crippen LogP contribution in [0.4, 0.5) is 4.79 Å². The van der Waals surface area contributed by atoms with E-state index in [1.54, 1.807) is 6.20 Å². The highest BCUT2D eigenvalue weighted by molar-refractivity contribution is 5.74. The molecule has 3 rings (SSSR count). The van der Waals surface area contributed by atoms with Crippen LogP contribution in [-0.4, -0.2) is 44.7 Å². The SMILES string of the molecule is Cn1ccnc1C(O)C1CCCN(C(=O)NC2CCCCC2(C)C)C1. The van der Waals surface area contributed by atoms with Crippen molar-refractivity contribution in [1.29, 1.82) is 0 Å². The minimum atomic E-state index is -0.623. The Morgan fingerprint density at radius 2 is 2.16 bits per heavy atom. The number of aromatic nitrogens is 2. The van der Waals surface area contributed by atoms with Gasteiger partial charge in [0.05, 0.1) is 0 Å². The molecule has 2 fully saturated rings. The molecule has 1 aliphatic carbocycles. The number of amides is 2. The molecule has 3 unspecified atom stereocenters. The predicted molar refractivity (Wildman–Crippen MR) is 97.0 cm³/mol. The van der Waals surface area contributed by atoms with E-state index in [0.29, 0.717) is 12.4 Å². The summed E-state index contributed by atoms with van der Waals surface area (Å²) in [5.41, 5.74) is 0.162. The second-order valence-electron chi connectivity index (χ2n) is 8.43. The molecule has 2 aliphatic rings. The van der Waals surface area contributed by atoms with Gasteiger partial charge in [0.15, 0.2) is 0 Å². The van der Waals surface area contributed by atoms with Crippen LogP contribution in [0.3, 0.4) is 0 Å². The van der Waals surface area contributed by atoms with E-state index in [2.05, 4.69) is 24.1 Å². The summed E-state index contributed by atoms with van der Waals surface area (Å²) in [6.07, 6.45) is 9.44. The molecular formula is C19H32N4O2. The number of urea groups is 1. The van der Waals surface area contributed by atoms with Crippen molar-refractivity contribution >= 4 is 6.03 Å². The molecule has 2 N–H and O–H groups in total. The van der Waals surface area contributed by atoms with Crippen LogP contribution in [0.5, 0.6) is 0 Å². The fraction of sp³-hybridized carbons (Fsp3) is 0.789. The molecule has 1 aromatic heterocycles. The summed E-state index contributed by atoms with van der Waals surface area (Å²) >= 11 is 0. The summed E-state index contributed by atoms with van der Waals surface area (Å²) in [7, 11) is 1.89. The first-order valence-electron chi connectivity index (χ1n) is 9.59. The first kappa shape index (κ1) is 18.2. The Kier molecular flexibility index (Phi) is 5.37. The molecule has 6 nitrogen and oxygen atoms in total. The third-order valence-corrected chi connectivity index (χ3v) is 6.12. The van der Waals surface area contributed by atoms with Crippen molar-refractivity contribution in [2.24, 2.45) is 18.4 Å². The van der Waals surface area contributed by atoms with E-state index >= 15 is 0 Å². The molecule has 1 saturated carbocycles. The van der Waals surface area contributed by atoms with Gasteiger partial charge in [-0.1, -0.05) is 26.7 Å². The molecule has 2 amide bonds. The van der Waals surface area contributed by atoms with Crippen molar-refractivity contribution in [3.8, 4) is 0 Å².